The smallest absolute Gasteiger partial charge is 0.185 e. The van der Waals surface area contributed by atoms with Gasteiger partial charge in [-0.15, -0.1) is 11.3 Å². The van der Waals surface area contributed by atoms with E-state index in [0.717, 1.165) is 31.3 Å². The van der Waals surface area contributed by atoms with E-state index in [2.05, 4.69) is 61.9 Å². The number of anilines is 1. The Balaban J connectivity index is 2.56. The molecule has 0 fully saturated rings. The zero-order valence-corrected chi connectivity index (χ0v) is 14.6. The Labute approximate surface area is 128 Å². The Morgan fingerprint density at radius 3 is 2.40 bits per heavy atom. The van der Waals surface area contributed by atoms with Gasteiger partial charge in [0.2, 0.25) is 0 Å². The van der Waals surface area contributed by atoms with E-state index < -0.39 is 0 Å². The van der Waals surface area contributed by atoms with Crippen LogP contribution >= 0.6 is 11.3 Å². The fraction of sp³-hybridized carbons (Fsp3) is 0.800. The number of likely N-dealkylation sites (N-methyl/N-ethyl adjacent to an activating group) is 1. The summed E-state index contributed by atoms with van der Waals surface area (Å²) in [6, 6.07) is 0.518. The normalized spacial score (nSPS) is 13.2. The van der Waals surface area contributed by atoms with Crippen molar-refractivity contribution >= 4 is 16.5 Å². The fourth-order valence-corrected chi connectivity index (χ4v) is 3.14. The first kappa shape index (κ1) is 17.4. The molecule has 0 spiro atoms. The summed E-state index contributed by atoms with van der Waals surface area (Å²) >= 11 is 1.80. The van der Waals surface area contributed by atoms with Crippen LogP contribution in [0, 0.1) is 5.92 Å². The summed E-state index contributed by atoms with van der Waals surface area (Å²) in [5, 5.41) is 4.80. The molecule has 0 aromatic carbocycles. The lowest BCUT2D eigenvalue weighted by molar-refractivity contribution is 0.288. The molecule has 116 valence electrons. The van der Waals surface area contributed by atoms with Gasteiger partial charge in [-0.2, -0.15) is 0 Å². The van der Waals surface area contributed by atoms with Gasteiger partial charge in [0.1, 0.15) is 0 Å². The minimum atomic E-state index is 0.518. The van der Waals surface area contributed by atoms with E-state index in [-0.39, 0.29) is 0 Å². The zero-order chi connectivity index (χ0) is 15.1. The summed E-state index contributed by atoms with van der Waals surface area (Å²) in [5.41, 5.74) is 0. The van der Waals surface area contributed by atoms with Crippen LogP contribution in [0.15, 0.2) is 6.20 Å². The molecule has 0 saturated carbocycles. The number of thiazole rings is 1. The number of nitrogens with one attached hydrogen (secondary N) is 1. The Kier molecular flexibility index (Phi) is 7.48. The van der Waals surface area contributed by atoms with E-state index in [9.17, 15) is 0 Å². The molecule has 0 saturated heterocycles. The maximum absolute atomic E-state index is 4.54. The van der Waals surface area contributed by atoms with Crippen molar-refractivity contribution in [3.05, 3.63) is 11.1 Å². The molecule has 0 aliphatic rings. The summed E-state index contributed by atoms with van der Waals surface area (Å²) in [5.74, 6) is 0.632. The van der Waals surface area contributed by atoms with Gasteiger partial charge >= 0.3 is 0 Å². The molecule has 1 aromatic heterocycles. The molecule has 0 radical (unpaired) electrons. The van der Waals surface area contributed by atoms with Crippen LogP contribution in [-0.4, -0.2) is 49.7 Å². The zero-order valence-electron chi connectivity index (χ0n) is 13.8. The van der Waals surface area contributed by atoms with E-state index in [0.29, 0.717) is 12.0 Å². The van der Waals surface area contributed by atoms with E-state index in [4.69, 9.17) is 0 Å². The monoisotopic (exact) mass is 298 g/mol. The van der Waals surface area contributed by atoms with E-state index in [1.165, 1.54) is 4.88 Å². The lowest BCUT2D eigenvalue weighted by Gasteiger charge is -2.25. The summed E-state index contributed by atoms with van der Waals surface area (Å²) in [7, 11) is 4.25. The molecule has 1 aromatic rings. The number of hydrogen-bond donors (Lipinski definition) is 1. The van der Waals surface area contributed by atoms with Crippen molar-refractivity contribution in [2.45, 2.75) is 40.3 Å². The number of hydrogen-bond acceptors (Lipinski definition) is 5. The van der Waals surface area contributed by atoms with Crippen LogP contribution in [-0.2, 0) is 6.54 Å². The van der Waals surface area contributed by atoms with Gasteiger partial charge in [0.15, 0.2) is 5.13 Å². The molecule has 1 rings (SSSR count). The van der Waals surface area contributed by atoms with Crippen LogP contribution in [0.3, 0.4) is 0 Å². The van der Waals surface area contributed by atoms with Crippen LogP contribution in [0.1, 0.15) is 32.6 Å². The maximum atomic E-state index is 4.54. The molecule has 5 heteroatoms. The molecule has 0 bridgehead atoms. The minimum absolute atomic E-state index is 0.518. The number of aromatic nitrogens is 1. The quantitative estimate of drug-likeness (QED) is 0.759. The van der Waals surface area contributed by atoms with Crippen molar-refractivity contribution in [1.82, 2.24) is 15.2 Å². The van der Waals surface area contributed by atoms with E-state index in [1.54, 1.807) is 11.3 Å². The predicted molar refractivity (Wildman–Crippen MR) is 89.7 cm³/mol. The largest absolute Gasteiger partial charge is 0.349 e. The first-order valence-electron chi connectivity index (χ1n) is 7.55. The summed E-state index contributed by atoms with van der Waals surface area (Å²) in [4.78, 5) is 10.4. The Morgan fingerprint density at radius 2 is 1.90 bits per heavy atom. The molecule has 0 aliphatic heterocycles. The molecule has 1 heterocycles. The molecular formula is C15H30N4S. The maximum Gasteiger partial charge on any atom is 0.185 e. The predicted octanol–water partition coefficient (Wildman–Crippen LogP) is 2.67. The third kappa shape index (κ3) is 5.38. The topological polar surface area (TPSA) is 31.4 Å². The van der Waals surface area contributed by atoms with Gasteiger partial charge in [-0.05, 0) is 33.9 Å². The van der Waals surface area contributed by atoms with Gasteiger partial charge in [-0.3, -0.25) is 0 Å². The van der Waals surface area contributed by atoms with Crippen LogP contribution in [0.5, 0.6) is 0 Å². The van der Waals surface area contributed by atoms with E-state index in [1.807, 2.05) is 6.20 Å². The third-order valence-electron chi connectivity index (χ3n) is 3.48. The number of rotatable bonds is 9. The molecule has 0 amide bonds. The van der Waals surface area contributed by atoms with Crippen LogP contribution in [0.4, 0.5) is 5.13 Å². The van der Waals surface area contributed by atoms with Crippen molar-refractivity contribution < 1.29 is 0 Å². The van der Waals surface area contributed by atoms with Crippen molar-refractivity contribution in [2.24, 2.45) is 5.92 Å². The fourth-order valence-electron chi connectivity index (χ4n) is 2.16. The van der Waals surface area contributed by atoms with Gasteiger partial charge in [-0.1, -0.05) is 13.8 Å². The van der Waals surface area contributed by atoms with Crippen LogP contribution in [0.25, 0.3) is 0 Å². The van der Waals surface area contributed by atoms with Crippen molar-refractivity contribution in [3.8, 4) is 0 Å². The second-order valence-electron chi connectivity index (χ2n) is 5.78. The average molecular weight is 298 g/mol. The summed E-state index contributed by atoms with van der Waals surface area (Å²) in [6.07, 6.45) is 2.01. The van der Waals surface area contributed by atoms with Crippen molar-refractivity contribution in [3.63, 3.8) is 0 Å². The van der Waals surface area contributed by atoms with Crippen molar-refractivity contribution in [1.29, 1.82) is 0 Å². The molecular weight excluding hydrogens is 268 g/mol. The van der Waals surface area contributed by atoms with Crippen LogP contribution in [0.2, 0.25) is 0 Å². The molecule has 1 unspecified atom stereocenters. The standard InChI is InChI=1S/C15H30N4S/c1-7-19(8-2)15-17-10-13(20-15)9-16-14(12(3)4)11-18(5)6/h10,12,14,16H,7-9,11H2,1-6H3. The highest BCUT2D eigenvalue weighted by Crippen LogP contribution is 2.22. The molecule has 4 nitrogen and oxygen atoms in total. The lowest BCUT2D eigenvalue weighted by Crippen LogP contribution is -2.41. The molecule has 1 atom stereocenters. The summed E-state index contributed by atoms with van der Waals surface area (Å²) in [6.45, 7) is 12.9. The molecule has 0 aliphatic carbocycles. The molecule has 1 N–H and O–H groups in total. The minimum Gasteiger partial charge on any atom is -0.349 e. The molecule has 20 heavy (non-hydrogen) atoms. The Hall–Kier alpha value is -0.650. The SMILES string of the molecule is CCN(CC)c1ncc(CNC(CN(C)C)C(C)C)s1. The van der Waals surface area contributed by atoms with Crippen LogP contribution < -0.4 is 10.2 Å². The van der Waals surface area contributed by atoms with E-state index >= 15 is 0 Å². The van der Waals surface area contributed by atoms with Gasteiger partial charge in [0.05, 0.1) is 0 Å². The second-order valence-corrected chi connectivity index (χ2v) is 6.87. The van der Waals surface area contributed by atoms with Gasteiger partial charge in [0.25, 0.3) is 0 Å². The summed E-state index contributed by atoms with van der Waals surface area (Å²) < 4.78 is 0. The highest BCUT2D eigenvalue weighted by atomic mass is 32.1. The number of nitrogens with zero attached hydrogens (tertiary/aromatic N) is 3. The van der Waals surface area contributed by atoms with Gasteiger partial charge in [-0.25, -0.2) is 4.98 Å². The first-order chi connectivity index (χ1) is 9.47. The van der Waals surface area contributed by atoms with Gasteiger partial charge < -0.3 is 15.1 Å². The van der Waals surface area contributed by atoms with Crippen molar-refractivity contribution in [2.75, 3.05) is 38.6 Å². The first-order valence-corrected chi connectivity index (χ1v) is 8.37. The lowest BCUT2D eigenvalue weighted by atomic mass is 10.0. The third-order valence-corrected chi connectivity index (χ3v) is 4.54. The Morgan fingerprint density at radius 1 is 1.25 bits per heavy atom. The van der Waals surface area contributed by atoms with Gasteiger partial charge in [0, 0.05) is 43.3 Å². The highest BCUT2D eigenvalue weighted by Gasteiger charge is 2.15. The Bertz CT molecular complexity index is 372. The second kappa shape index (κ2) is 8.60. The highest BCUT2D eigenvalue weighted by molar-refractivity contribution is 7.15. The average Bonchev–Trinajstić information content (AvgIpc) is 2.84.